The Labute approximate surface area is 133 Å². The lowest BCUT2D eigenvalue weighted by molar-refractivity contribution is -0.384. The first-order valence-electron chi connectivity index (χ1n) is 5.99. The lowest BCUT2D eigenvalue weighted by Gasteiger charge is -1.99. The highest BCUT2D eigenvalue weighted by atomic mass is 79.9. The molecule has 0 spiro atoms. The molecule has 0 aromatic carbocycles. The van der Waals surface area contributed by atoms with Crippen LogP contribution in [0.3, 0.4) is 0 Å². The molecule has 6 nitrogen and oxygen atoms in total. The van der Waals surface area contributed by atoms with E-state index in [9.17, 15) is 14.9 Å². The average Bonchev–Trinajstić information content (AvgIpc) is 2.90. The van der Waals surface area contributed by atoms with Crippen LogP contribution >= 0.6 is 27.3 Å². The van der Waals surface area contributed by atoms with Crippen molar-refractivity contribution < 1.29 is 14.5 Å². The number of hydrogen-bond donors (Lipinski definition) is 0. The third kappa shape index (κ3) is 3.11. The van der Waals surface area contributed by atoms with Crippen LogP contribution in [0.25, 0.3) is 10.6 Å². The van der Waals surface area contributed by atoms with Crippen molar-refractivity contribution in [3.05, 3.63) is 43.4 Å². The Morgan fingerprint density at radius 1 is 1.52 bits per heavy atom. The number of nitrogens with zero attached hydrogens (tertiary/aromatic N) is 2. The zero-order chi connectivity index (χ0) is 15.6. The summed E-state index contributed by atoms with van der Waals surface area (Å²) in [5, 5.41) is 11.2. The number of esters is 1. The van der Waals surface area contributed by atoms with E-state index in [0.29, 0.717) is 20.6 Å². The molecule has 110 valence electrons. The van der Waals surface area contributed by atoms with Gasteiger partial charge in [-0.15, -0.1) is 11.3 Å². The third-order valence-corrected chi connectivity index (χ3v) is 4.42. The summed E-state index contributed by atoms with van der Waals surface area (Å²) in [5.41, 5.74) is 0.934. The minimum atomic E-state index is -0.490. The normalized spacial score (nSPS) is 10.4. The van der Waals surface area contributed by atoms with Crippen molar-refractivity contribution in [1.29, 1.82) is 0 Å². The number of halogens is 1. The molecule has 8 heteroatoms. The summed E-state index contributed by atoms with van der Waals surface area (Å²) < 4.78 is 5.26. The predicted octanol–water partition coefficient (Wildman–Crippen LogP) is 3.83. The molecule has 2 aromatic rings. The summed E-state index contributed by atoms with van der Waals surface area (Å²) in [6, 6.07) is 3.14. The predicted molar refractivity (Wildman–Crippen MR) is 82.6 cm³/mol. The van der Waals surface area contributed by atoms with Gasteiger partial charge in [0.25, 0.3) is 5.69 Å². The highest BCUT2D eigenvalue weighted by Crippen LogP contribution is 2.37. The van der Waals surface area contributed by atoms with E-state index in [2.05, 4.69) is 20.9 Å². The summed E-state index contributed by atoms with van der Waals surface area (Å²) >= 11 is 4.32. The van der Waals surface area contributed by atoms with Gasteiger partial charge in [-0.25, -0.2) is 9.78 Å². The lowest BCUT2D eigenvalue weighted by Crippen LogP contribution is -2.00. The van der Waals surface area contributed by atoms with E-state index in [0.717, 1.165) is 16.9 Å². The standard InChI is InChI=1S/C13H11BrN2O4S/c1-3-7-4-10(21-12(7)13(17)20-2)11-9(16(18)19)5-8(14)6-15-11/h4-6H,3H2,1-2H3. The van der Waals surface area contributed by atoms with E-state index in [4.69, 9.17) is 4.74 Å². The molecule has 0 radical (unpaired) electrons. The molecule has 0 aliphatic carbocycles. The van der Waals surface area contributed by atoms with Gasteiger partial charge < -0.3 is 4.74 Å². The van der Waals surface area contributed by atoms with Gasteiger partial charge >= 0.3 is 5.97 Å². The molecule has 0 bridgehead atoms. The molecule has 0 saturated carbocycles. The molecule has 0 saturated heterocycles. The number of carbonyl (C=O) groups excluding carboxylic acids is 1. The van der Waals surface area contributed by atoms with Crippen LogP contribution in [0.1, 0.15) is 22.2 Å². The molecule has 0 N–H and O–H groups in total. The number of hydrogen-bond acceptors (Lipinski definition) is 6. The molecular weight excluding hydrogens is 360 g/mol. The second-order valence-corrected chi connectivity index (χ2v) is 6.06. The van der Waals surface area contributed by atoms with Crippen LogP contribution in [-0.2, 0) is 11.2 Å². The molecule has 0 atom stereocenters. The minimum absolute atomic E-state index is 0.107. The Morgan fingerprint density at radius 2 is 2.24 bits per heavy atom. The number of ether oxygens (including phenoxy) is 1. The summed E-state index contributed by atoms with van der Waals surface area (Å²) in [7, 11) is 1.31. The van der Waals surface area contributed by atoms with Gasteiger partial charge in [0.15, 0.2) is 5.69 Å². The quantitative estimate of drug-likeness (QED) is 0.463. The maximum absolute atomic E-state index is 11.7. The largest absolute Gasteiger partial charge is 0.465 e. The fourth-order valence-corrected chi connectivity index (χ4v) is 3.33. The first kappa shape index (κ1) is 15.6. The molecule has 0 amide bonds. The maximum Gasteiger partial charge on any atom is 0.348 e. The monoisotopic (exact) mass is 370 g/mol. The molecular formula is C13H11BrN2O4S. The fourth-order valence-electron chi connectivity index (χ4n) is 1.83. The summed E-state index contributed by atoms with van der Waals surface area (Å²) in [6.07, 6.45) is 2.12. The van der Waals surface area contributed by atoms with Gasteiger partial charge in [-0.1, -0.05) is 6.92 Å². The number of carbonyl (C=O) groups is 1. The second kappa shape index (κ2) is 6.31. The highest BCUT2D eigenvalue weighted by molar-refractivity contribution is 9.10. The van der Waals surface area contributed by atoms with Crippen LogP contribution in [0.2, 0.25) is 0 Å². The number of pyridine rings is 1. The summed E-state index contributed by atoms with van der Waals surface area (Å²) in [5.74, 6) is -0.442. The molecule has 2 rings (SSSR count). The SMILES string of the molecule is CCc1cc(-c2ncc(Br)cc2[N+](=O)[O-])sc1C(=O)OC. The van der Waals surface area contributed by atoms with Crippen LogP contribution in [0, 0.1) is 10.1 Å². The Bertz CT molecular complexity index is 714. The zero-order valence-corrected chi connectivity index (χ0v) is 13.7. The van der Waals surface area contributed by atoms with Gasteiger partial charge in [0.2, 0.25) is 0 Å². The molecule has 2 heterocycles. The van der Waals surface area contributed by atoms with E-state index in [-0.39, 0.29) is 11.4 Å². The number of thiophene rings is 1. The Kier molecular flexibility index (Phi) is 4.69. The first-order chi connectivity index (χ1) is 9.97. The van der Waals surface area contributed by atoms with Crippen LogP contribution in [0.5, 0.6) is 0 Å². The third-order valence-electron chi connectivity index (χ3n) is 2.82. The van der Waals surface area contributed by atoms with Crippen molar-refractivity contribution in [2.24, 2.45) is 0 Å². The van der Waals surface area contributed by atoms with Gasteiger partial charge in [0.05, 0.1) is 16.9 Å². The first-order valence-corrected chi connectivity index (χ1v) is 7.60. The van der Waals surface area contributed by atoms with E-state index >= 15 is 0 Å². The fraction of sp³-hybridized carbons (Fsp3) is 0.231. The minimum Gasteiger partial charge on any atom is -0.465 e. The van der Waals surface area contributed by atoms with Gasteiger partial charge in [-0.3, -0.25) is 10.1 Å². The average molecular weight is 371 g/mol. The molecule has 2 aromatic heterocycles. The molecule has 0 aliphatic rings. The van der Waals surface area contributed by atoms with Crippen molar-refractivity contribution in [1.82, 2.24) is 4.98 Å². The molecule has 0 unspecified atom stereocenters. The topological polar surface area (TPSA) is 82.3 Å². The summed E-state index contributed by atoms with van der Waals surface area (Å²) in [6.45, 7) is 1.90. The van der Waals surface area contributed by atoms with Crippen molar-refractivity contribution >= 4 is 38.9 Å². The van der Waals surface area contributed by atoms with Crippen molar-refractivity contribution in [3.8, 4) is 10.6 Å². The highest BCUT2D eigenvalue weighted by Gasteiger charge is 2.23. The number of aryl methyl sites for hydroxylation is 1. The van der Waals surface area contributed by atoms with Gasteiger partial charge in [0, 0.05) is 16.7 Å². The van der Waals surface area contributed by atoms with Gasteiger partial charge in [-0.05, 0) is 34.0 Å². The Hall–Kier alpha value is -1.80. The number of aromatic nitrogens is 1. The van der Waals surface area contributed by atoms with E-state index in [1.807, 2.05) is 6.92 Å². The molecule has 0 aliphatic heterocycles. The second-order valence-electron chi connectivity index (χ2n) is 4.09. The molecule has 21 heavy (non-hydrogen) atoms. The lowest BCUT2D eigenvalue weighted by atomic mass is 10.1. The van der Waals surface area contributed by atoms with E-state index < -0.39 is 10.9 Å². The van der Waals surface area contributed by atoms with Crippen molar-refractivity contribution in [3.63, 3.8) is 0 Å². The Morgan fingerprint density at radius 3 is 2.81 bits per heavy atom. The van der Waals surface area contributed by atoms with E-state index in [1.165, 1.54) is 19.4 Å². The zero-order valence-electron chi connectivity index (χ0n) is 11.3. The molecule has 0 fully saturated rings. The van der Waals surface area contributed by atoms with Gasteiger partial charge in [-0.2, -0.15) is 0 Å². The van der Waals surface area contributed by atoms with Crippen LogP contribution in [-0.4, -0.2) is 23.0 Å². The van der Waals surface area contributed by atoms with E-state index in [1.54, 1.807) is 6.07 Å². The van der Waals surface area contributed by atoms with Crippen molar-refractivity contribution in [2.45, 2.75) is 13.3 Å². The smallest absolute Gasteiger partial charge is 0.348 e. The van der Waals surface area contributed by atoms with Crippen LogP contribution in [0.15, 0.2) is 22.8 Å². The van der Waals surface area contributed by atoms with Crippen LogP contribution < -0.4 is 0 Å². The summed E-state index contributed by atoms with van der Waals surface area (Å²) in [4.78, 5) is 27.5. The Balaban J connectivity index is 2.60. The van der Waals surface area contributed by atoms with Crippen LogP contribution in [0.4, 0.5) is 5.69 Å². The number of nitro groups is 1. The number of methoxy groups -OCH3 is 1. The van der Waals surface area contributed by atoms with Crippen molar-refractivity contribution in [2.75, 3.05) is 7.11 Å². The maximum atomic E-state index is 11.7. The number of rotatable bonds is 4. The van der Waals surface area contributed by atoms with Gasteiger partial charge in [0.1, 0.15) is 4.88 Å².